The third-order valence-electron chi connectivity index (χ3n) is 4.75. The Hall–Kier alpha value is -3.44. The molecule has 0 bridgehead atoms. The number of thioether (sulfide) groups is 1. The Labute approximate surface area is 183 Å². The molecule has 2 amide bonds. The van der Waals surface area contributed by atoms with Crippen molar-refractivity contribution in [3.63, 3.8) is 0 Å². The molecule has 1 saturated heterocycles. The molecule has 0 aliphatic carbocycles. The molecule has 0 unspecified atom stereocenters. The van der Waals surface area contributed by atoms with Gasteiger partial charge in [-0.2, -0.15) is 0 Å². The molecule has 31 heavy (non-hydrogen) atoms. The zero-order valence-corrected chi connectivity index (χ0v) is 17.0. The lowest BCUT2D eigenvalue weighted by molar-refractivity contribution is -0.385. The van der Waals surface area contributed by atoms with E-state index in [0.717, 1.165) is 4.90 Å². The van der Waals surface area contributed by atoms with E-state index in [9.17, 15) is 19.7 Å². The van der Waals surface area contributed by atoms with Gasteiger partial charge >= 0.3 is 0 Å². The van der Waals surface area contributed by atoms with Crippen LogP contribution in [0.4, 0.5) is 10.5 Å². The van der Waals surface area contributed by atoms with E-state index in [4.69, 9.17) is 30.5 Å². The molecule has 5 rings (SSSR count). The van der Waals surface area contributed by atoms with Crippen LogP contribution in [-0.4, -0.2) is 34.6 Å². The number of nitrogens with zero attached hydrogens (tertiary/aromatic N) is 2. The largest absolute Gasteiger partial charge is 0.454 e. The van der Waals surface area contributed by atoms with Crippen molar-refractivity contribution in [1.29, 1.82) is 0 Å². The van der Waals surface area contributed by atoms with Crippen molar-refractivity contribution in [3.05, 3.63) is 55.4 Å². The minimum atomic E-state index is -0.593. The average molecular weight is 463 g/mol. The van der Waals surface area contributed by atoms with Crippen molar-refractivity contribution in [3.8, 4) is 23.0 Å². The molecule has 1 fully saturated rings. The number of hydrogen-bond acceptors (Lipinski definition) is 9. The number of carbonyl (C=O) groups excluding carboxylic acids is 2. The molecule has 10 nitrogen and oxygen atoms in total. The van der Waals surface area contributed by atoms with Gasteiger partial charge in [-0.25, -0.2) is 0 Å². The van der Waals surface area contributed by atoms with E-state index in [1.807, 2.05) is 0 Å². The number of rotatable bonds is 4. The second-order valence-corrected chi connectivity index (χ2v) is 7.99. The smallest absolute Gasteiger partial charge is 0.293 e. The van der Waals surface area contributed by atoms with Crippen molar-refractivity contribution in [2.24, 2.45) is 0 Å². The van der Waals surface area contributed by atoms with Crippen molar-refractivity contribution in [1.82, 2.24) is 4.90 Å². The molecule has 3 aliphatic heterocycles. The lowest BCUT2D eigenvalue weighted by Crippen LogP contribution is -2.27. The highest BCUT2D eigenvalue weighted by atomic mass is 35.5. The number of benzene rings is 2. The number of hydrogen-bond donors (Lipinski definition) is 0. The Bertz CT molecular complexity index is 1200. The summed E-state index contributed by atoms with van der Waals surface area (Å²) in [6.07, 6.45) is 1.30. The molecule has 0 atom stereocenters. The van der Waals surface area contributed by atoms with Gasteiger partial charge in [0.15, 0.2) is 23.0 Å². The molecule has 0 radical (unpaired) electrons. The summed E-state index contributed by atoms with van der Waals surface area (Å²) in [4.78, 5) is 37.3. The van der Waals surface area contributed by atoms with Crippen molar-refractivity contribution >= 4 is 46.3 Å². The molecular formula is C19H11ClN2O8S. The molecule has 158 valence electrons. The molecule has 2 aromatic rings. The maximum Gasteiger partial charge on any atom is 0.293 e. The first-order valence-corrected chi connectivity index (χ1v) is 10.0. The molecule has 0 aromatic heterocycles. The van der Waals surface area contributed by atoms with E-state index < -0.39 is 16.1 Å². The Morgan fingerprint density at radius 2 is 1.65 bits per heavy atom. The first-order chi connectivity index (χ1) is 14.9. The monoisotopic (exact) mass is 462 g/mol. The van der Waals surface area contributed by atoms with Gasteiger partial charge in [0.25, 0.3) is 16.8 Å². The van der Waals surface area contributed by atoms with Crippen LogP contribution in [0, 0.1) is 10.1 Å². The first-order valence-electron chi connectivity index (χ1n) is 8.82. The van der Waals surface area contributed by atoms with E-state index in [1.54, 1.807) is 12.1 Å². The van der Waals surface area contributed by atoms with Gasteiger partial charge < -0.3 is 18.9 Å². The highest BCUT2D eigenvalue weighted by Gasteiger charge is 2.36. The zero-order valence-electron chi connectivity index (χ0n) is 15.5. The number of ether oxygens (including phenoxy) is 4. The van der Waals surface area contributed by atoms with Crippen LogP contribution in [0.25, 0.3) is 6.08 Å². The summed E-state index contributed by atoms with van der Waals surface area (Å²) in [6.45, 7) is -0.0722. The minimum Gasteiger partial charge on any atom is -0.454 e. The average Bonchev–Trinajstić information content (AvgIpc) is 3.43. The van der Waals surface area contributed by atoms with Gasteiger partial charge in [0, 0.05) is 11.1 Å². The number of nitro groups is 1. The van der Waals surface area contributed by atoms with E-state index in [0.29, 0.717) is 39.6 Å². The number of amides is 2. The van der Waals surface area contributed by atoms with E-state index in [2.05, 4.69) is 0 Å². The van der Waals surface area contributed by atoms with Gasteiger partial charge in [-0.3, -0.25) is 24.6 Å². The molecule has 2 aromatic carbocycles. The van der Waals surface area contributed by atoms with Gasteiger partial charge in [0.05, 0.1) is 28.0 Å². The van der Waals surface area contributed by atoms with Crippen LogP contribution in [0.2, 0.25) is 5.02 Å². The van der Waals surface area contributed by atoms with Crippen molar-refractivity contribution < 1.29 is 33.5 Å². The van der Waals surface area contributed by atoms with E-state index >= 15 is 0 Å². The quantitative estimate of drug-likeness (QED) is 0.378. The maximum atomic E-state index is 12.9. The SMILES string of the molecule is O=C1S/C(=C\c2cc3c(cc2[N+](=O)[O-])OCO3)C(=O)N1Cc1cc2c(cc1Cl)OCO2. The highest BCUT2D eigenvalue weighted by Crippen LogP contribution is 2.42. The van der Waals surface area contributed by atoms with Crippen molar-refractivity contribution in [2.45, 2.75) is 6.54 Å². The summed E-state index contributed by atoms with van der Waals surface area (Å²) in [7, 11) is 0. The Balaban J connectivity index is 1.45. The van der Waals surface area contributed by atoms with Crippen LogP contribution < -0.4 is 18.9 Å². The fourth-order valence-corrected chi connectivity index (χ4v) is 4.29. The van der Waals surface area contributed by atoms with Crippen LogP contribution in [0.5, 0.6) is 23.0 Å². The van der Waals surface area contributed by atoms with Gasteiger partial charge in [-0.1, -0.05) is 11.6 Å². The standard InChI is InChI=1S/C19H11ClN2O8S/c20-11-4-15-14(28-7-29-15)2-10(11)6-21-18(23)17(31-19(21)24)3-9-1-13-16(30-8-27-13)5-12(9)22(25)26/h1-5H,6-8H2/b17-3-. The Morgan fingerprint density at radius 1 is 1.03 bits per heavy atom. The summed E-state index contributed by atoms with van der Waals surface area (Å²) in [5.74, 6) is 0.934. The molecule has 0 saturated carbocycles. The minimum absolute atomic E-state index is 0.0452. The third kappa shape index (κ3) is 3.41. The summed E-state index contributed by atoms with van der Waals surface area (Å²) in [5.41, 5.74) is 0.360. The molecule has 0 spiro atoms. The molecule has 3 heterocycles. The lowest BCUT2D eigenvalue weighted by Gasteiger charge is -2.14. The van der Waals surface area contributed by atoms with Crippen LogP contribution >= 0.6 is 23.4 Å². The second-order valence-electron chi connectivity index (χ2n) is 6.59. The molecule has 0 N–H and O–H groups in total. The summed E-state index contributed by atoms with van der Waals surface area (Å²) in [6, 6.07) is 5.80. The van der Waals surface area contributed by atoms with Crippen LogP contribution in [-0.2, 0) is 11.3 Å². The Morgan fingerprint density at radius 3 is 2.32 bits per heavy atom. The highest BCUT2D eigenvalue weighted by molar-refractivity contribution is 8.18. The topological polar surface area (TPSA) is 117 Å². The summed E-state index contributed by atoms with van der Waals surface area (Å²) in [5, 5.41) is 11.2. The van der Waals surface area contributed by atoms with Crippen LogP contribution in [0.3, 0.4) is 0 Å². The fraction of sp³-hybridized carbons (Fsp3) is 0.158. The maximum absolute atomic E-state index is 12.9. The normalized spacial score (nSPS) is 17.7. The third-order valence-corrected chi connectivity index (χ3v) is 6.01. The van der Waals surface area contributed by atoms with Gasteiger partial charge in [0.2, 0.25) is 13.6 Å². The van der Waals surface area contributed by atoms with Gasteiger partial charge in [-0.05, 0) is 35.5 Å². The zero-order chi connectivity index (χ0) is 21.7. The van der Waals surface area contributed by atoms with Gasteiger partial charge in [-0.15, -0.1) is 0 Å². The number of halogens is 1. The predicted octanol–water partition coefficient (Wildman–Crippen LogP) is 3.94. The second kappa shape index (κ2) is 7.36. The first kappa shape index (κ1) is 19.5. The van der Waals surface area contributed by atoms with Crippen LogP contribution in [0.15, 0.2) is 29.2 Å². The Kier molecular flexibility index (Phi) is 4.63. The summed E-state index contributed by atoms with van der Waals surface area (Å²) < 4.78 is 21.0. The molecule has 3 aliphatic rings. The van der Waals surface area contributed by atoms with E-state index in [-0.39, 0.29) is 42.0 Å². The fourth-order valence-electron chi connectivity index (χ4n) is 3.25. The van der Waals surface area contributed by atoms with Crippen molar-refractivity contribution in [2.75, 3.05) is 13.6 Å². The lowest BCUT2D eigenvalue weighted by atomic mass is 10.1. The van der Waals surface area contributed by atoms with Crippen LogP contribution in [0.1, 0.15) is 11.1 Å². The number of imide groups is 1. The molecular weight excluding hydrogens is 452 g/mol. The predicted molar refractivity (Wildman–Crippen MR) is 108 cm³/mol. The number of carbonyl (C=O) groups is 2. The van der Waals surface area contributed by atoms with E-state index in [1.165, 1.54) is 18.2 Å². The number of nitro benzene ring substituents is 1. The summed E-state index contributed by atoms with van der Waals surface area (Å²) >= 11 is 6.94. The number of fused-ring (bicyclic) bond motifs is 2. The van der Waals surface area contributed by atoms with Gasteiger partial charge in [0.1, 0.15) is 0 Å². The molecule has 12 heteroatoms.